The Hall–Kier alpha value is -3.09. The van der Waals surface area contributed by atoms with E-state index in [1.807, 2.05) is 6.92 Å². The van der Waals surface area contributed by atoms with E-state index < -0.39 is 17.5 Å². The van der Waals surface area contributed by atoms with Crippen molar-refractivity contribution in [2.45, 2.75) is 26.3 Å². The largest absolute Gasteiger partial charge is 0.318 e. The van der Waals surface area contributed by atoms with Gasteiger partial charge < -0.3 is 5.32 Å². The third kappa shape index (κ3) is 3.46. The van der Waals surface area contributed by atoms with E-state index in [4.69, 9.17) is 0 Å². The monoisotopic (exact) mass is 357 g/mol. The molecule has 1 amide bonds. The molecule has 3 rings (SSSR count). The van der Waals surface area contributed by atoms with E-state index >= 15 is 0 Å². The molecule has 0 aliphatic heterocycles. The van der Waals surface area contributed by atoms with Crippen molar-refractivity contribution in [1.82, 2.24) is 9.78 Å². The number of hydrogen-bond acceptors (Lipinski definition) is 3. The predicted octanol–water partition coefficient (Wildman–Crippen LogP) is 3.73. The normalized spacial score (nSPS) is 10.9. The topological polar surface area (TPSA) is 64.0 Å². The zero-order chi connectivity index (χ0) is 18.7. The van der Waals surface area contributed by atoms with Crippen molar-refractivity contribution in [3.05, 3.63) is 70.1 Å². The molecule has 0 spiro atoms. The Morgan fingerprint density at radius 1 is 1.15 bits per heavy atom. The molecule has 0 aliphatic carbocycles. The van der Waals surface area contributed by atoms with Crippen LogP contribution in [0.1, 0.15) is 30.3 Å². The lowest BCUT2D eigenvalue weighted by Crippen LogP contribution is -2.28. The van der Waals surface area contributed by atoms with Crippen LogP contribution in [0.3, 0.4) is 0 Å². The van der Waals surface area contributed by atoms with Crippen LogP contribution in [0.15, 0.2) is 47.3 Å². The second kappa shape index (κ2) is 7.43. The van der Waals surface area contributed by atoms with Crippen molar-refractivity contribution in [1.29, 1.82) is 0 Å². The van der Waals surface area contributed by atoms with Gasteiger partial charge in [-0.15, -0.1) is 0 Å². The summed E-state index contributed by atoms with van der Waals surface area (Å²) < 4.78 is 28.4. The van der Waals surface area contributed by atoms with Gasteiger partial charge in [-0.2, -0.15) is 5.10 Å². The fourth-order valence-electron chi connectivity index (χ4n) is 2.64. The number of carbonyl (C=O) groups is 1. The molecule has 1 heterocycles. The smallest absolute Gasteiger partial charge is 0.276 e. The summed E-state index contributed by atoms with van der Waals surface area (Å²) in [5.74, 6) is -2.15. The third-order valence-electron chi connectivity index (χ3n) is 3.98. The summed E-state index contributed by atoms with van der Waals surface area (Å²) in [6.07, 6.45) is 1.59. The van der Waals surface area contributed by atoms with E-state index in [2.05, 4.69) is 10.4 Å². The number of rotatable bonds is 5. The number of benzene rings is 2. The number of carbonyl (C=O) groups excluding carboxylic acids is 1. The zero-order valence-corrected chi connectivity index (χ0v) is 14.1. The Morgan fingerprint density at radius 2 is 1.88 bits per heavy atom. The zero-order valence-electron chi connectivity index (χ0n) is 14.1. The Labute approximate surface area is 148 Å². The highest BCUT2D eigenvalue weighted by Crippen LogP contribution is 2.19. The maximum Gasteiger partial charge on any atom is 0.276 e. The fourth-order valence-corrected chi connectivity index (χ4v) is 2.64. The Kier molecular flexibility index (Phi) is 5.06. The molecule has 0 atom stereocenters. The van der Waals surface area contributed by atoms with Crippen LogP contribution < -0.4 is 10.9 Å². The number of unbranched alkanes of at least 4 members (excludes halogenated alkanes) is 1. The van der Waals surface area contributed by atoms with E-state index in [0.717, 1.165) is 31.0 Å². The minimum Gasteiger partial charge on any atom is -0.318 e. The molecule has 5 nitrogen and oxygen atoms in total. The number of halogens is 2. The molecule has 1 aromatic heterocycles. The van der Waals surface area contributed by atoms with E-state index in [1.165, 1.54) is 4.68 Å². The maximum absolute atomic E-state index is 13.8. The number of fused-ring (bicyclic) bond motifs is 1. The van der Waals surface area contributed by atoms with Crippen LogP contribution in [0, 0.1) is 11.6 Å². The van der Waals surface area contributed by atoms with Gasteiger partial charge in [0.1, 0.15) is 11.6 Å². The number of nitrogens with one attached hydrogen (secondary N) is 1. The lowest BCUT2D eigenvalue weighted by atomic mass is 10.1. The van der Waals surface area contributed by atoms with Gasteiger partial charge >= 0.3 is 0 Å². The van der Waals surface area contributed by atoms with Crippen LogP contribution in [-0.2, 0) is 6.54 Å². The third-order valence-corrected chi connectivity index (χ3v) is 3.98. The first-order valence-corrected chi connectivity index (χ1v) is 8.27. The highest BCUT2D eigenvalue weighted by atomic mass is 19.1. The first kappa shape index (κ1) is 17.7. The number of amides is 1. The Bertz CT molecular complexity index is 1030. The first-order chi connectivity index (χ1) is 12.5. The van der Waals surface area contributed by atoms with Crippen LogP contribution in [0.5, 0.6) is 0 Å². The van der Waals surface area contributed by atoms with Gasteiger partial charge in [-0.05, 0) is 24.6 Å². The molecule has 7 heteroatoms. The average molecular weight is 357 g/mol. The lowest BCUT2D eigenvalue weighted by molar-refractivity contribution is 0.102. The molecular weight excluding hydrogens is 340 g/mol. The van der Waals surface area contributed by atoms with Gasteiger partial charge in [-0.25, -0.2) is 13.5 Å². The standard InChI is InChI=1S/C19H17F2N3O2/c1-2-3-10-24-19(26)14-7-5-4-6-13(14)17(23-24)18(25)22-16-11-12(20)8-9-15(16)21/h4-9,11H,2-3,10H2,1H3,(H,22,25). The predicted molar refractivity (Wildman–Crippen MR) is 95.2 cm³/mol. The van der Waals surface area contributed by atoms with Crippen LogP contribution in [0.4, 0.5) is 14.5 Å². The fraction of sp³-hybridized carbons (Fsp3) is 0.211. The highest BCUT2D eigenvalue weighted by Gasteiger charge is 2.18. The Balaban J connectivity index is 2.08. The van der Waals surface area contributed by atoms with Crippen molar-refractivity contribution >= 4 is 22.4 Å². The molecule has 134 valence electrons. The molecule has 0 saturated heterocycles. The van der Waals surface area contributed by atoms with Crippen LogP contribution in [0.25, 0.3) is 10.8 Å². The molecule has 0 unspecified atom stereocenters. The van der Waals surface area contributed by atoms with Crippen molar-refractivity contribution in [3.63, 3.8) is 0 Å². The number of anilines is 1. The minimum atomic E-state index is -0.761. The number of aromatic nitrogens is 2. The van der Waals surface area contributed by atoms with Gasteiger partial charge in [0.2, 0.25) is 0 Å². The van der Waals surface area contributed by atoms with Gasteiger partial charge in [-0.3, -0.25) is 9.59 Å². The molecule has 2 aromatic carbocycles. The average Bonchev–Trinajstić information content (AvgIpc) is 2.64. The summed E-state index contributed by atoms with van der Waals surface area (Å²) in [6, 6.07) is 9.37. The first-order valence-electron chi connectivity index (χ1n) is 8.27. The molecule has 0 fully saturated rings. The molecule has 26 heavy (non-hydrogen) atoms. The van der Waals surface area contributed by atoms with Crippen LogP contribution in [0.2, 0.25) is 0 Å². The number of nitrogens with zero attached hydrogens (tertiary/aromatic N) is 2. The highest BCUT2D eigenvalue weighted by molar-refractivity contribution is 6.11. The van der Waals surface area contributed by atoms with E-state index in [1.54, 1.807) is 24.3 Å². The lowest BCUT2D eigenvalue weighted by Gasteiger charge is -2.11. The van der Waals surface area contributed by atoms with Crippen LogP contribution >= 0.6 is 0 Å². The SMILES string of the molecule is CCCCn1nc(C(=O)Nc2cc(F)ccc2F)c2ccccc2c1=O. The van der Waals surface area contributed by atoms with Crippen molar-refractivity contribution in [3.8, 4) is 0 Å². The van der Waals surface area contributed by atoms with Crippen molar-refractivity contribution < 1.29 is 13.6 Å². The van der Waals surface area contributed by atoms with Crippen molar-refractivity contribution in [2.24, 2.45) is 0 Å². The van der Waals surface area contributed by atoms with Gasteiger partial charge in [0.15, 0.2) is 5.69 Å². The minimum absolute atomic E-state index is 0.0139. The quantitative estimate of drug-likeness (QED) is 0.757. The summed E-state index contributed by atoms with van der Waals surface area (Å²) >= 11 is 0. The second-order valence-electron chi connectivity index (χ2n) is 5.85. The second-order valence-corrected chi connectivity index (χ2v) is 5.85. The molecular formula is C19H17F2N3O2. The molecule has 0 aliphatic rings. The summed E-state index contributed by atoms with van der Waals surface area (Å²) in [5, 5.41) is 7.20. The van der Waals surface area contributed by atoms with E-state index in [-0.39, 0.29) is 16.9 Å². The van der Waals surface area contributed by atoms with Crippen molar-refractivity contribution in [2.75, 3.05) is 5.32 Å². The summed E-state index contributed by atoms with van der Waals surface area (Å²) in [6.45, 7) is 2.35. The molecule has 0 bridgehead atoms. The summed E-state index contributed by atoms with van der Waals surface area (Å²) in [7, 11) is 0. The molecule has 1 N–H and O–H groups in total. The van der Waals surface area contributed by atoms with E-state index in [9.17, 15) is 18.4 Å². The van der Waals surface area contributed by atoms with Gasteiger partial charge in [-0.1, -0.05) is 31.5 Å². The summed E-state index contributed by atoms with van der Waals surface area (Å²) in [5.41, 5.74) is -0.588. The number of aryl methyl sites for hydroxylation is 1. The maximum atomic E-state index is 13.8. The molecule has 0 radical (unpaired) electrons. The molecule has 0 saturated carbocycles. The Morgan fingerprint density at radius 3 is 2.62 bits per heavy atom. The number of hydrogen-bond donors (Lipinski definition) is 1. The van der Waals surface area contributed by atoms with Gasteiger partial charge in [0.05, 0.1) is 11.1 Å². The van der Waals surface area contributed by atoms with E-state index in [0.29, 0.717) is 17.3 Å². The van der Waals surface area contributed by atoms with Gasteiger partial charge in [0.25, 0.3) is 11.5 Å². The van der Waals surface area contributed by atoms with Gasteiger partial charge in [0, 0.05) is 18.0 Å². The summed E-state index contributed by atoms with van der Waals surface area (Å²) in [4.78, 5) is 25.2. The molecule has 3 aromatic rings. The van der Waals surface area contributed by atoms with Crippen LogP contribution in [-0.4, -0.2) is 15.7 Å².